The number of hydrogen-bond acceptors (Lipinski definition) is 4. The van der Waals surface area contributed by atoms with Gasteiger partial charge in [0, 0.05) is 6.42 Å². The van der Waals surface area contributed by atoms with Crippen LogP contribution in [0.1, 0.15) is 13.3 Å². The van der Waals surface area contributed by atoms with E-state index in [2.05, 4.69) is 0 Å². The quantitative estimate of drug-likeness (QED) is 0.331. The molecule has 0 aromatic heterocycles. The first kappa shape index (κ1) is 23.4. The zero-order chi connectivity index (χ0) is 8.78. The van der Waals surface area contributed by atoms with Gasteiger partial charge in [-0.2, -0.15) is 0 Å². The number of carboxylic acid groups (broad SMARTS) is 1. The van der Waals surface area contributed by atoms with E-state index in [1.807, 2.05) is 0 Å². The molecule has 0 aliphatic carbocycles. The van der Waals surface area contributed by atoms with E-state index < -0.39 is 13.8 Å². The fourth-order valence-electron chi connectivity index (χ4n) is 0. The summed E-state index contributed by atoms with van der Waals surface area (Å²) in [5.41, 5.74) is 0. The van der Waals surface area contributed by atoms with Crippen molar-refractivity contribution in [2.75, 3.05) is 0 Å². The maximum Gasteiger partial charge on any atom is 1.00 e. The van der Waals surface area contributed by atoms with E-state index in [1.54, 1.807) is 6.92 Å². The van der Waals surface area contributed by atoms with E-state index in [-0.39, 0.29) is 65.5 Å². The molecule has 62 valence electrons. The molecule has 0 fully saturated rings. The van der Waals surface area contributed by atoms with Crippen molar-refractivity contribution < 1.29 is 88.3 Å². The Hall–Kier alpha value is 1.58. The fraction of sp³-hybridized carbons (Fsp3) is 0.667. The number of rotatable bonds is 1. The van der Waals surface area contributed by atoms with Gasteiger partial charge in [0.15, 0.2) is 0 Å². The van der Waals surface area contributed by atoms with Crippen LogP contribution in [0.2, 0.25) is 0 Å². The summed E-state index contributed by atoms with van der Waals surface area (Å²) in [5, 5.41) is 7.72. The Morgan fingerprint density at radius 2 is 1.50 bits per heavy atom. The first-order valence-electron chi connectivity index (χ1n) is 2.24. The molecule has 0 radical (unpaired) electrons. The van der Waals surface area contributed by atoms with Gasteiger partial charge in [0.1, 0.15) is 0 Å². The average Bonchev–Trinajstić information content (AvgIpc) is 1.61. The Morgan fingerprint density at radius 1 is 1.42 bits per heavy atom. The van der Waals surface area contributed by atoms with Crippen molar-refractivity contribution >= 4 is 13.8 Å². The van der Waals surface area contributed by atoms with Gasteiger partial charge in [-0.3, -0.25) is 4.79 Å². The fourth-order valence-corrected chi connectivity index (χ4v) is 0. The topological polar surface area (TPSA) is 121 Å². The van der Waals surface area contributed by atoms with Gasteiger partial charge in [-0.1, -0.05) is 6.92 Å². The predicted octanol–water partition coefficient (Wildman–Crippen LogP) is -7.70. The molecule has 0 saturated carbocycles. The summed E-state index contributed by atoms with van der Waals surface area (Å²) in [7, 11) is -5.14. The number of carbonyl (C=O) groups is 1. The SMILES string of the molecule is CCC(=O)O.O=P([O-])([O-])O.[Na+].[Na+]. The van der Waals surface area contributed by atoms with Crippen LogP contribution in [0.3, 0.4) is 0 Å². The summed E-state index contributed by atoms with van der Waals surface area (Å²) in [6, 6.07) is 0. The maximum atomic E-state index is 9.37. The smallest absolute Gasteiger partial charge is 0.790 e. The normalized spacial score (nSPS) is 8.00. The van der Waals surface area contributed by atoms with Gasteiger partial charge >= 0.3 is 65.1 Å². The summed E-state index contributed by atoms with van der Waals surface area (Å²) in [4.78, 5) is 33.7. The van der Waals surface area contributed by atoms with Crippen molar-refractivity contribution in [3.05, 3.63) is 0 Å². The molecule has 0 spiro atoms. The third-order valence-electron chi connectivity index (χ3n) is 0.302. The van der Waals surface area contributed by atoms with Gasteiger partial charge in [-0.25, -0.2) is 0 Å². The number of carboxylic acids is 1. The van der Waals surface area contributed by atoms with Crippen LogP contribution in [0.5, 0.6) is 0 Å². The second kappa shape index (κ2) is 12.6. The number of phosphoric acid groups is 1. The van der Waals surface area contributed by atoms with Crippen molar-refractivity contribution in [1.29, 1.82) is 0 Å². The Kier molecular flexibility index (Phi) is 24.5. The number of hydrogen-bond donors (Lipinski definition) is 2. The minimum absolute atomic E-state index is 0. The molecule has 0 aromatic carbocycles. The van der Waals surface area contributed by atoms with Crippen LogP contribution in [0, 0.1) is 0 Å². The average molecular weight is 216 g/mol. The summed E-state index contributed by atoms with van der Waals surface area (Å²) in [6.07, 6.45) is 0.222. The Morgan fingerprint density at radius 3 is 1.50 bits per heavy atom. The molecule has 2 N–H and O–H groups in total. The summed E-state index contributed by atoms with van der Waals surface area (Å²) >= 11 is 0. The molecule has 9 heteroatoms. The zero-order valence-corrected chi connectivity index (χ0v) is 12.1. The molecular formula is C3H7Na2O6P. The zero-order valence-electron chi connectivity index (χ0n) is 7.18. The Balaban J connectivity index is -0.0000000457. The van der Waals surface area contributed by atoms with Gasteiger partial charge in [0.2, 0.25) is 0 Å². The van der Waals surface area contributed by atoms with Crippen molar-refractivity contribution in [2.24, 2.45) is 0 Å². The molecular weight excluding hydrogens is 209 g/mol. The van der Waals surface area contributed by atoms with E-state index >= 15 is 0 Å². The van der Waals surface area contributed by atoms with Crippen LogP contribution in [0.15, 0.2) is 0 Å². The van der Waals surface area contributed by atoms with Crippen molar-refractivity contribution in [3.63, 3.8) is 0 Å². The predicted molar refractivity (Wildman–Crippen MR) is 27.8 cm³/mol. The summed E-state index contributed by atoms with van der Waals surface area (Å²) in [5.74, 6) is -0.745. The maximum absolute atomic E-state index is 9.37. The van der Waals surface area contributed by atoms with Gasteiger partial charge in [0.05, 0.1) is 7.82 Å². The third kappa shape index (κ3) is 101. The van der Waals surface area contributed by atoms with E-state index in [0.717, 1.165) is 0 Å². The summed E-state index contributed by atoms with van der Waals surface area (Å²) in [6.45, 7) is 1.60. The van der Waals surface area contributed by atoms with E-state index in [0.29, 0.717) is 0 Å². The minimum atomic E-state index is -5.14. The molecule has 0 bridgehead atoms. The van der Waals surface area contributed by atoms with Gasteiger partial charge in [0.25, 0.3) is 0 Å². The molecule has 0 aliphatic rings. The molecule has 6 nitrogen and oxygen atoms in total. The molecule has 0 unspecified atom stereocenters. The number of aliphatic carboxylic acids is 1. The third-order valence-corrected chi connectivity index (χ3v) is 0.302. The van der Waals surface area contributed by atoms with E-state index in [1.165, 1.54) is 0 Å². The van der Waals surface area contributed by atoms with Crippen LogP contribution < -0.4 is 68.9 Å². The Bertz CT molecular complexity index is 135. The summed E-state index contributed by atoms with van der Waals surface area (Å²) < 4.78 is 8.66. The first-order valence-corrected chi connectivity index (χ1v) is 3.73. The largest absolute Gasteiger partial charge is 1.00 e. The second-order valence-electron chi connectivity index (χ2n) is 1.22. The van der Waals surface area contributed by atoms with Crippen LogP contribution in [0.4, 0.5) is 0 Å². The van der Waals surface area contributed by atoms with Crippen LogP contribution >= 0.6 is 7.82 Å². The standard InChI is InChI=1S/C3H6O2.2Na.H3O4P/c1-2-3(4)5;;;1-5(2,3)4/h2H2,1H3,(H,4,5);;;(H3,1,2,3,4)/q;2*+1;/p-2. The molecule has 0 atom stereocenters. The Labute approximate surface area is 114 Å². The molecule has 0 amide bonds. The molecule has 0 saturated heterocycles. The molecule has 0 rings (SSSR count). The molecule has 0 heterocycles. The minimum Gasteiger partial charge on any atom is -0.790 e. The van der Waals surface area contributed by atoms with Crippen molar-refractivity contribution in [2.45, 2.75) is 13.3 Å². The van der Waals surface area contributed by atoms with Gasteiger partial charge in [-0.15, -0.1) is 0 Å². The van der Waals surface area contributed by atoms with E-state index in [4.69, 9.17) is 24.4 Å². The first-order chi connectivity index (χ1) is 4.27. The van der Waals surface area contributed by atoms with Gasteiger partial charge < -0.3 is 24.4 Å². The second-order valence-corrected chi connectivity index (χ2v) is 2.15. The van der Waals surface area contributed by atoms with E-state index in [9.17, 15) is 4.79 Å². The molecule has 0 aliphatic heterocycles. The van der Waals surface area contributed by atoms with Gasteiger partial charge in [-0.05, 0) is 0 Å². The molecule has 0 aromatic rings. The van der Waals surface area contributed by atoms with Crippen molar-refractivity contribution in [3.8, 4) is 0 Å². The van der Waals surface area contributed by atoms with Crippen LogP contribution in [0.25, 0.3) is 0 Å². The van der Waals surface area contributed by atoms with Crippen LogP contribution in [-0.4, -0.2) is 16.0 Å². The van der Waals surface area contributed by atoms with Crippen LogP contribution in [-0.2, 0) is 9.36 Å². The molecule has 12 heavy (non-hydrogen) atoms. The monoisotopic (exact) mass is 216 g/mol. The van der Waals surface area contributed by atoms with Crippen molar-refractivity contribution in [1.82, 2.24) is 0 Å².